The van der Waals surface area contributed by atoms with Crippen LogP contribution < -0.4 is 10.1 Å². The number of nitrogens with zero attached hydrogens (tertiary/aromatic N) is 1. The molecule has 0 saturated carbocycles. The van der Waals surface area contributed by atoms with Gasteiger partial charge in [-0.15, -0.1) is 0 Å². The summed E-state index contributed by atoms with van der Waals surface area (Å²) in [5.41, 5.74) is 0. The SMILES string of the molecule is Cc1cc(OCC(=O)NCCCCC(=O)O)no1. The molecule has 0 radical (unpaired) electrons. The molecule has 0 unspecified atom stereocenters. The van der Waals surface area contributed by atoms with Crippen molar-refractivity contribution >= 4 is 11.9 Å². The van der Waals surface area contributed by atoms with Crippen LogP contribution >= 0.6 is 0 Å². The van der Waals surface area contributed by atoms with Crippen molar-refractivity contribution in [3.05, 3.63) is 11.8 Å². The van der Waals surface area contributed by atoms with Gasteiger partial charge < -0.3 is 19.7 Å². The summed E-state index contributed by atoms with van der Waals surface area (Å²) < 4.78 is 9.84. The van der Waals surface area contributed by atoms with Crippen LogP contribution in [0.4, 0.5) is 0 Å². The van der Waals surface area contributed by atoms with Crippen LogP contribution in [0.1, 0.15) is 25.0 Å². The molecule has 1 amide bonds. The maximum Gasteiger partial charge on any atom is 0.303 e. The van der Waals surface area contributed by atoms with E-state index in [1.165, 1.54) is 0 Å². The van der Waals surface area contributed by atoms with Gasteiger partial charge >= 0.3 is 5.97 Å². The number of ether oxygens (including phenoxy) is 1. The van der Waals surface area contributed by atoms with Gasteiger partial charge in [0.25, 0.3) is 11.8 Å². The number of amides is 1. The van der Waals surface area contributed by atoms with E-state index < -0.39 is 5.97 Å². The van der Waals surface area contributed by atoms with Gasteiger partial charge in [0.05, 0.1) is 0 Å². The fourth-order valence-electron chi connectivity index (χ4n) is 1.23. The molecule has 0 fully saturated rings. The molecule has 0 bridgehead atoms. The lowest BCUT2D eigenvalue weighted by molar-refractivity contribution is -0.137. The molecule has 0 saturated heterocycles. The second kappa shape index (κ2) is 7.31. The number of carbonyl (C=O) groups excluding carboxylic acids is 1. The molecule has 0 aliphatic rings. The first-order valence-electron chi connectivity index (χ1n) is 5.62. The number of carboxylic acid groups (broad SMARTS) is 1. The fourth-order valence-corrected chi connectivity index (χ4v) is 1.23. The van der Waals surface area contributed by atoms with E-state index >= 15 is 0 Å². The predicted octanol–water partition coefficient (Wildman–Crippen LogP) is 0.733. The van der Waals surface area contributed by atoms with Crippen molar-refractivity contribution in [2.45, 2.75) is 26.2 Å². The smallest absolute Gasteiger partial charge is 0.303 e. The normalized spacial score (nSPS) is 10.1. The molecule has 100 valence electrons. The van der Waals surface area contributed by atoms with Crippen molar-refractivity contribution in [2.24, 2.45) is 0 Å². The number of hydrogen-bond donors (Lipinski definition) is 2. The average Bonchev–Trinajstić information content (AvgIpc) is 2.71. The van der Waals surface area contributed by atoms with Crippen LogP contribution in [0.3, 0.4) is 0 Å². The van der Waals surface area contributed by atoms with Crippen LogP contribution in [0.15, 0.2) is 10.6 Å². The molecule has 7 nitrogen and oxygen atoms in total. The van der Waals surface area contributed by atoms with Crippen LogP contribution in [0, 0.1) is 6.92 Å². The molecule has 0 aromatic carbocycles. The molecule has 0 aliphatic heterocycles. The summed E-state index contributed by atoms with van der Waals surface area (Å²) in [6.07, 6.45) is 1.28. The number of aliphatic carboxylic acids is 1. The molecule has 7 heteroatoms. The Morgan fingerprint density at radius 3 is 2.89 bits per heavy atom. The number of carbonyl (C=O) groups is 2. The van der Waals surface area contributed by atoms with E-state index in [2.05, 4.69) is 10.5 Å². The lowest BCUT2D eigenvalue weighted by Crippen LogP contribution is -2.29. The van der Waals surface area contributed by atoms with E-state index in [4.69, 9.17) is 14.4 Å². The molecule has 1 heterocycles. The third kappa shape index (κ3) is 5.88. The van der Waals surface area contributed by atoms with Crippen molar-refractivity contribution in [2.75, 3.05) is 13.2 Å². The van der Waals surface area contributed by atoms with E-state index in [0.29, 0.717) is 25.1 Å². The third-order valence-corrected chi connectivity index (χ3v) is 2.10. The molecule has 1 aromatic rings. The topological polar surface area (TPSA) is 102 Å². The van der Waals surface area contributed by atoms with E-state index in [1.54, 1.807) is 13.0 Å². The zero-order chi connectivity index (χ0) is 13.4. The Hall–Kier alpha value is -2.05. The highest BCUT2D eigenvalue weighted by Crippen LogP contribution is 2.09. The standard InChI is InChI=1S/C11H16N2O5/c1-8-6-10(13-18-8)17-7-9(14)12-5-3-2-4-11(15)16/h6H,2-5,7H2,1H3,(H,12,14)(H,15,16). The van der Waals surface area contributed by atoms with Crippen LogP contribution in [0.25, 0.3) is 0 Å². The summed E-state index contributed by atoms with van der Waals surface area (Å²) in [4.78, 5) is 21.5. The number of carboxylic acids is 1. The number of hydrogen-bond acceptors (Lipinski definition) is 5. The number of rotatable bonds is 8. The van der Waals surface area contributed by atoms with Gasteiger partial charge in [0.1, 0.15) is 5.76 Å². The quantitative estimate of drug-likeness (QED) is 0.665. The van der Waals surface area contributed by atoms with Crippen LogP contribution in [0.2, 0.25) is 0 Å². The molecule has 0 spiro atoms. The molecule has 0 aliphatic carbocycles. The minimum Gasteiger partial charge on any atom is -0.481 e. The Labute approximate surface area is 104 Å². The zero-order valence-corrected chi connectivity index (χ0v) is 10.1. The van der Waals surface area contributed by atoms with Crippen LogP contribution in [-0.4, -0.2) is 35.3 Å². The second-order valence-electron chi connectivity index (χ2n) is 3.77. The molecule has 1 rings (SSSR count). The summed E-state index contributed by atoms with van der Waals surface area (Å²) in [7, 11) is 0. The summed E-state index contributed by atoms with van der Waals surface area (Å²) >= 11 is 0. The zero-order valence-electron chi connectivity index (χ0n) is 10.1. The number of aryl methyl sites for hydroxylation is 1. The minimum absolute atomic E-state index is 0.116. The van der Waals surface area contributed by atoms with Gasteiger partial charge in [-0.1, -0.05) is 0 Å². The molecule has 1 aromatic heterocycles. The Morgan fingerprint density at radius 2 is 2.28 bits per heavy atom. The Bertz CT molecular complexity index is 402. The second-order valence-corrected chi connectivity index (χ2v) is 3.77. The Balaban J connectivity index is 2.05. The van der Waals surface area contributed by atoms with E-state index in [9.17, 15) is 9.59 Å². The number of aromatic nitrogens is 1. The fraction of sp³-hybridized carbons (Fsp3) is 0.545. The highest BCUT2D eigenvalue weighted by atomic mass is 16.5. The first-order valence-corrected chi connectivity index (χ1v) is 5.62. The van der Waals surface area contributed by atoms with Gasteiger partial charge in [-0.3, -0.25) is 9.59 Å². The average molecular weight is 256 g/mol. The van der Waals surface area contributed by atoms with Crippen molar-refractivity contribution in [3.8, 4) is 5.88 Å². The Kier molecular flexibility index (Phi) is 5.69. The lowest BCUT2D eigenvalue weighted by atomic mass is 10.2. The molecule has 2 N–H and O–H groups in total. The van der Waals surface area contributed by atoms with Gasteiger partial charge in [0.15, 0.2) is 6.61 Å². The van der Waals surface area contributed by atoms with Crippen LogP contribution in [-0.2, 0) is 9.59 Å². The van der Waals surface area contributed by atoms with Crippen molar-refractivity contribution in [1.82, 2.24) is 10.5 Å². The predicted molar refractivity (Wildman–Crippen MR) is 61.2 cm³/mol. The van der Waals surface area contributed by atoms with Crippen molar-refractivity contribution in [3.63, 3.8) is 0 Å². The summed E-state index contributed by atoms with van der Waals surface area (Å²) in [6, 6.07) is 1.58. The first-order chi connectivity index (χ1) is 8.58. The molecule has 18 heavy (non-hydrogen) atoms. The molecule has 0 atom stereocenters. The monoisotopic (exact) mass is 256 g/mol. The van der Waals surface area contributed by atoms with Gasteiger partial charge in [-0.25, -0.2) is 0 Å². The van der Waals surface area contributed by atoms with Crippen LogP contribution in [0.5, 0.6) is 5.88 Å². The maximum atomic E-state index is 11.3. The first kappa shape index (κ1) is 14.0. The number of unbranched alkanes of at least 4 members (excludes halogenated alkanes) is 1. The van der Waals surface area contributed by atoms with Gasteiger partial charge in [-0.05, 0) is 24.9 Å². The number of nitrogens with one attached hydrogen (secondary N) is 1. The summed E-state index contributed by atoms with van der Waals surface area (Å²) in [6.45, 7) is 2.03. The van der Waals surface area contributed by atoms with Crippen molar-refractivity contribution < 1.29 is 24.0 Å². The third-order valence-electron chi connectivity index (χ3n) is 2.10. The van der Waals surface area contributed by atoms with Gasteiger partial charge in [0, 0.05) is 19.0 Å². The maximum absolute atomic E-state index is 11.3. The largest absolute Gasteiger partial charge is 0.481 e. The highest BCUT2D eigenvalue weighted by Gasteiger charge is 2.05. The van der Waals surface area contributed by atoms with E-state index in [0.717, 1.165) is 0 Å². The van der Waals surface area contributed by atoms with E-state index in [1.807, 2.05) is 0 Å². The summed E-state index contributed by atoms with van der Waals surface area (Å²) in [5.74, 6) is -0.218. The van der Waals surface area contributed by atoms with E-state index in [-0.39, 0.29) is 24.8 Å². The highest BCUT2D eigenvalue weighted by molar-refractivity contribution is 5.77. The van der Waals surface area contributed by atoms with Gasteiger partial charge in [0.2, 0.25) is 0 Å². The minimum atomic E-state index is -0.828. The summed E-state index contributed by atoms with van der Waals surface area (Å²) in [5, 5.41) is 14.6. The molecular weight excluding hydrogens is 240 g/mol. The Morgan fingerprint density at radius 1 is 1.50 bits per heavy atom. The lowest BCUT2D eigenvalue weighted by Gasteiger charge is -2.04. The molecular formula is C11H16N2O5. The van der Waals surface area contributed by atoms with Crippen molar-refractivity contribution in [1.29, 1.82) is 0 Å². The van der Waals surface area contributed by atoms with Gasteiger partial charge in [-0.2, -0.15) is 0 Å².